The van der Waals surface area contributed by atoms with Crippen molar-refractivity contribution in [2.24, 2.45) is 0 Å². The number of rotatable bonds is 5. The van der Waals surface area contributed by atoms with Gasteiger partial charge in [-0.15, -0.1) is 11.3 Å². The predicted octanol–water partition coefficient (Wildman–Crippen LogP) is 4.66. The SMILES string of the molecule is COC(=O)c1c(Nc2nc3ccc(OC)cc3s2)sc2c1CCN(C(C)C)C2. The standard InChI is InChI=1S/C20H23N3O3S2/c1-11(2)23-8-7-13-16(10-23)27-18(17(13)19(24)26-4)22-20-21-14-6-5-12(25-3)9-15(14)28-20/h5-6,9,11H,7-8,10H2,1-4H3,(H,21,22). The summed E-state index contributed by atoms with van der Waals surface area (Å²) >= 11 is 3.17. The lowest BCUT2D eigenvalue weighted by Gasteiger charge is -2.30. The molecule has 3 heterocycles. The molecule has 0 saturated heterocycles. The average molecular weight is 418 g/mol. The number of hydrogen-bond donors (Lipinski definition) is 1. The lowest BCUT2D eigenvalue weighted by atomic mass is 10.0. The van der Waals surface area contributed by atoms with E-state index in [1.807, 2.05) is 18.2 Å². The van der Waals surface area contributed by atoms with Crippen LogP contribution in [0.25, 0.3) is 10.2 Å². The van der Waals surface area contributed by atoms with Crippen molar-refractivity contribution < 1.29 is 14.3 Å². The number of ether oxygens (including phenoxy) is 2. The van der Waals surface area contributed by atoms with Crippen molar-refractivity contribution in [2.45, 2.75) is 32.9 Å². The van der Waals surface area contributed by atoms with E-state index in [-0.39, 0.29) is 5.97 Å². The van der Waals surface area contributed by atoms with Crippen molar-refractivity contribution in [3.05, 3.63) is 34.2 Å². The predicted molar refractivity (Wildman–Crippen MR) is 114 cm³/mol. The molecule has 0 amide bonds. The molecule has 148 valence electrons. The molecule has 0 saturated carbocycles. The van der Waals surface area contributed by atoms with Crippen LogP contribution in [0.2, 0.25) is 0 Å². The maximum Gasteiger partial charge on any atom is 0.341 e. The number of carbonyl (C=O) groups is 1. The molecule has 4 rings (SSSR count). The monoisotopic (exact) mass is 417 g/mol. The van der Waals surface area contributed by atoms with Gasteiger partial charge >= 0.3 is 5.97 Å². The van der Waals surface area contributed by atoms with Crippen LogP contribution >= 0.6 is 22.7 Å². The van der Waals surface area contributed by atoms with E-state index in [0.29, 0.717) is 11.6 Å². The molecule has 1 N–H and O–H groups in total. The van der Waals surface area contributed by atoms with Gasteiger partial charge in [0.2, 0.25) is 0 Å². The zero-order valence-corrected chi connectivity index (χ0v) is 18.0. The Bertz CT molecular complexity index is 1030. The molecule has 0 radical (unpaired) electrons. The summed E-state index contributed by atoms with van der Waals surface area (Å²) in [5, 5.41) is 4.95. The quantitative estimate of drug-likeness (QED) is 0.609. The average Bonchev–Trinajstić information content (AvgIpc) is 3.26. The van der Waals surface area contributed by atoms with Crippen molar-refractivity contribution >= 4 is 49.0 Å². The summed E-state index contributed by atoms with van der Waals surface area (Å²) in [5.41, 5.74) is 2.67. The normalized spacial score (nSPS) is 14.3. The molecular formula is C20H23N3O3S2. The Balaban J connectivity index is 1.70. The first-order valence-corrected chi connectivity index (χ1v) is 10.8. The lowest BCUT2D eigenvalue weighted by Crippen LogP contribution is -2.35. The molecule has 6 nitrogen and oxygen atoms in total. The second-order valence-corrected chi connectivity index (χ2v) is 9.13. The number of nitrogens with zero attached hydrogens (tertiary/aromatic N) is 2. The largest absolute Gasteiger partial charge is 0.497 e. The van der Waals surface area contributed by atoms with Gasteiger partial charge in [-0.2, -0.15) is 0 Å². The molecule has 0 aliphatic carbocycles. The van der Waals surface area contributed by atoms with Gasteiger partial charge in [-0.1, -0.05) is 11.3 Å². The van der Waals surface area contributed by atoms with Crippen LogP contribution in [0.5, 0.6) is 5.75 Å². The van der Waals surface area contributed by atoms with Crippen molar-refractivity contribution in [1.82, 2.24) is 9.88 Å². The molecule has 8 heteroatoms. The molecule has 0 spiro atoms. The van der Waals surface area contributed by atoms with Crippen LogP contribution in [0, 0.1) is 0 Å². The Labute approximate surface area is 172 Å². The summed E-state index contributed by atoms with van der Waals surface area (Å²) in [7, 11) is 3.09. The first-order valence-electron chi connectivity index (χ1n) is 9.18. The van der Waals surface area contributed by atoms with Crippen LogP contribution in [0.1, 0.15) is 34.6 Å². The van der Waals surface area contributed by atoms with E-state index in [1.54, 1.807) is 29.8 Å². The molecule has 1 aliphatic heterocycles. The van der Waals surface area contributed by atoms with Gasteiger partial charge in [-0.05, 0) is 44.0 Å². The summed E-state index contributed by atoms with van der Waals surface area (Å²) in [6, 6.07) is 6.29. The smallest absolute Gasteiger partial charge is 0.341 e. The number of aromatic nitrogens is 1. The zero-order valence-electron chi connectivity index (χ0n) is 16.4. The van der Waals surface area contributed by atoms with E-state index in [4.69, 9.17) is 9.47 Å². The fourth-order valence-corrected chi connectivity index (χ4v) is 5.68. The number of thiophene rings is 1. The number of anilines is 2. The molecule has 2 aromatic heterocycles. The van der Waals surface area contributed by atoms with Crippen molar-refractivity contribution in [2.75, 3.05) is 26.1 Å². The Morgan fingerprint density at radius 1 is 1.29 bits per heavy atom. The summed E-state index contributed by atoms with van der Waals surface area (Å²) in [6.45, 7) is 6.22. The van der Waals surface area contributed by atoms with E-state index in [2.05, 4.69) is 29.0 Å². The number of carbonyl (C=O) groups excluding carboxylic acids is 1. The van der Waals surface area contributed by atoms with E-state index in [1.165, 1.54) is 12.0 Å². The van der Waals surface area contributed by atoms with Crippen molar-refractivity contribution in [1.29, 1.82) is 0 Å². The lowest BCUT2D eigenvalue weighted by molar-refractivity contribution is 0.0600. The Hall–Kier alpha value is -2.16. The van der Waals surface area contributed by atoms with Gasteiger partial charge in [-0.25, -0.2) is 9.78 Å². The Morgan fingerprint density at radius 3 is 2.82 bits per heavy atom. The number of hydrogen-bond acceptors (Lipinski definition) is 8. The van der Waals surface area contributed by atoms with Gasteiger partial charge in [0, 0.05) is 24.0 Å². The Kier molecular flexibility index (Phi) is 5.27. The number of benzene rings is 1. The topological polar surface area (TPSA) is 63.7 Å². The highest BCUT2D eigenvalue weighted by Crippen LogP contribution is 2.40. The fraction of sp³-hybridized carbons (Fsp3) is 0.400. The van der Waals surface area contributed by atoms with Crippen LogP contribution in [0.3, 0.4) is 0 Å². The summed E-state index contributed by atoms with van der Waals surface area (Å²) in [4.78, 5) is 20.8. The number of fused-ring (bicyclic) bond motifs is 2. The molecule has 28 heavy (non-hydrogen) atoms. The molecule has 0 atom stereocenters. The van der Waals surface area contributed by atoms with Gasteiger partial charge in [0.25, 0.3) is 0 Å². The third kappa shape index (κ3) is 3.47. The van der Waals surface area contributed by atoms with Gasteiger partial charge < -0.3 is 14.8 Å². The highest BCUT2D eigenvalue weighted by Gasteiger charge is 2.29. The van der Waals surface area contributed by atoms with E-state index < -0.39 is 0 Å². The second kappa shape index (κ2) is 7.69. The highest BCUT2D eigenvalue weighted by atomic mass is 32.1. The minimum Gasteiger partial charge on any atom is -0.497 e. The Morgan fingerprint density at radius 2 is 2.11 bits per heavy atom. The van der Waals surface area contributed by atoms with Crippen LogP contribution in [0.4, 0.5) is 10.1 Å². The van der Waals surface area contributed by atoms with Crippen LogP contribution in [-0.2, 0) is 17.7 Å². The van der Waals surface area contributed by atoms with Gasteiger partial charge in [0.15, 0.2) is 5.13 Å². The van der Waals surface area contributed by atoms with Crippen LogP contribution < -0.4 is 10.1 Å². The number of nitrogens with one attached hydrogen (secondary N) is 1. The third-order valence-corrected chi connectivity index (χ3v) is 7.09. The maximum absolute atomic E-state index is 12.5. The van der Waals surface area contributed by atoms with Gasteiger partial charge in [-0.3, -0.25) is 4.90 Å². The van der Waals surface area contributed by atoms with Crippen LogP contribution in [0.15, 0.2) is 18.2 Å². The van der Waals surface area contributed by atoms with Crippen LogP contribution in [-0.4, -0.2) is 42.7 Å². The molecule has 0 fully saturated rings. The minimum atomic E-state index is -0.291. The van der Waals surface area contributed by atoms with E-state index in [0.717, 1.165) is 51.2 Å². The first kappa shape index (κ1) is 19.2. The maximum atomic E-state index is 12.5. The van der Waals surface area contributed by atoms with E-state index >= 15 is 0 Å². The molecule has 3 aromatic rings. The fourth-order valence-electron chi connectivity index (χ4n) is 3.45. The first-order chi connectivity index (χ1) is 13.5. The van der Waals surface area contributed by atoms with Gasteiger partial charge in [0.1, 0.15) is 10.8 Å². The summed E-state index contributed by atoms with van der Waals surface area (Å²) < 4.78 is 11.4. The van der Waals surface area contributed by atoms with E-state index in [9.17, 15) is 4.79 Å². The molecule has 1 aliphatic rings. The van der Waals surface area contributed by atoms with Crippen molar-refractivity contribution in [3.63, 3.8) is 0 Å². The summed E-state index contributed by atoms with van der Waals surface area (Å²) in [6.07, 6.45) is 0.854. The molecular weight excluding hydrogens is 394 g/mol. The molecule has 0 bridgehead atoms. The number of thiazole rings is 1. The number of esters is 1. The number of methoxy groups -OCH3 is 2. The molecule has 1 aromatic carbocycles. The molecule has 0 unspecified atom stereocenters. The third-order valence-electron chi connectivity index (χ3n) is 5.02. The zero-order chi connectivity index (χ0) is 19.8. The van der Waals surface area contributed by atoms with Crippen molar-refractivity contribution in [3.8, 4) is 5.75 Å². The highest BCUT2D eigenvalue weighted by molar-refractivity contribution is 7.23. The minimum absolute atomic E-state index is 0.291. The second-order valence-electron chi connectivity index (χ2n) is 6.99. The van der Waals surface area contributed by atoms with Gasteiger partial charge in [0.05, 0.1) is 30.0 Å². The summed E-state index contributed by atoms with van der Waals surface area (Å²) in [5.74, 6) is 0.513.